The van der Waals surface area contributed by atoms with Crippen molar-refractivity contribution in [3.63, 3.8) is 0 Å². The van der Waals surface area contributed by atoms with E-state index in [0.717, 1.165) is 26.9 Å². The molecule has 4 nitrogen and oxygen atoms in total. The molecule has 0 radical (unpaired) electrons. The highest BCUT2D eigenvalue weighted by molar-refractivity contribution is 9.10. The van der Waals surface area contributed by atoms with Crippen LogP contribution in [0.4, 0.5) is 5.69 Å². The van der Waals surface area contributed by atoms with Crippen LogP contribution in [0.2, 0.25) is 0 Å². The van der Waals surface area contributed by atoms with Crippen LogP contribution < -0.4 is 5.32 Å². The normalized spacial score (nSPS) is 10.3. The Bertz CT molecular complexity index is 839. The average molecular weight is 339 g/mol. The lowest BCUT2D eigenvalue weighted by Crippen LogP contribution is -2.04. The van der Waals surface area contributed by atoms with E-state index in [1.807, 2.05) is 36.4 Å². The maximum absolute atomic E-state index is 9.11. The van der Waals surface area contributed by atoms with Crippen molar-refractivity contribution in [1.82, 2.24) is 9.97 Å². The summed E-state index contributed by atoms with van der Waals surface area (Å²) >= 11 is 3.41. The molecule has 102 valence electrons. The summed E-state index contributed by atoms with van der Waals surface area (Å²) in [5, 5.41) is 12.3. The number of para-hydroxylation sites is 2. The molecule has 0 aliphatic rings. The number of benzene rings is 2. The Labute approximate surface area is 130 Å². The van der Waals surface area contributed by atoms with Gasteiger partial charge in [-0.2, -0.15) is 5.26 Å². The highest BCUT2D eigenvalue weighted by Gasteiger charge is 2.04. The molecule has 0 saturated heterocycles. The second-order valence-corrected chi connectivity index (χ2v) is 5.42. The number of fused-ring (bicyclic) bond motifs is 1. The lowest BCUT2D eigenvalue weighted by atomic mass is 10.2. The zero-order valence-corrected chi connectivity index (χ0v) is 12.6. The molecule has 0 spiro atoms. The van der Waals surface area contributed by atoms with Gasteiger partial charge in [0.2, 0.25) is 0 Å². The highest BCUT2D eigenvalue weighted by Crippen LogP contribution is 2.21. The molecule has 0 fully saturated rings. The summed E-state index contributed by atoms with van der Waals surface area (Å²) in [6, 6.07) is 15.4. The Kier molecular flexibility index (Phi) is 3.80. The van der Waals surface area contributed by atoms with Crippen molar-refractivity contribution in [3.8, 4) is 6.07 Å². The molecule has 0 amide bonds. The summed E-state index contributed by atoms with van der Waals surface area (Å²) in [6.45, 7) is 0.517. The van der Waals surface area contributed by atoms with Crippen molar-refractivity contribution in [2.24, 2.45) is 0 Å². The minimum absolute atomic E-state index is 0.517. The minimum Gasteiger partial charge on any atom is -0.378 e. The van der Waals surface area contributed by atoms with E-state index < -0.39 is 0 Å². The van der Waals surface area contributed by atoms with Crippen LogP contribution >= 0.6 is 15.9 Å². The fourth-order valence-corrected chi connectivity index (χ4v) is 2.39. The van der Waals surface area contributed by atoms with Crippen LogP contribution in [-0.4, -0.2) is 9.97 Å². The SMILES string of the molecule is N#Cc1ccc(Br)cc1NCc1cnc2ccccc2n1. The molecule has 2 aromatic carbocycles. The second kappa shape index (κ2) is 5.90. The Hall–Kier alpha value is -2.45. The Morgan fingerprint density at radius 1 is 1.14 bits per heavy atom. The van der Waals surface area contributed by atoms with Gasteiger partial charge in [0.25, 0.3) is 0 Å². The second-order valence-electron chi connectivity index (χ2n) is 4.51. The van der Waals surface area contributed by atoms with E-state index in [1.54, 1.807) is 12.3 Å². The van der Waals surface area contributed by atoms with Gasteiger partial charge in [0.15, 0.2) is 0 Å². The molecule has 1 aromatic heterocycles. The quantitative estimate of drug-likeness (QED) is 0.787. The lowest BCUT2D eigenvalue weighted by molar-refractivity contribution is 1.04. The molecule has 3 aromatic rings. The van der Waals surface area contributed by atoms with Crippen LogP contribution in [-0.2, 0) is 6.54 Å². The minimum atomic E-state index is 0.517. The van der Waals surface area contributed by atoms with E-state index in [9.17, 15) is 0 Å². The van der Waals surface area contributed by atoms with E-state index in [-0.39, 0.29) is 0 Å². The van der Waals surface area contributed by atoms with Crippen LogP contribution in [0.1, 0.15) is 11.3 Å². The number of aromatic nitrogens is 2. The maximum atomic E-state index is 9.11. The largest absolute Gasteiger partial charge is 0.378 e. The van der Waals surface area contributed by atoms with Crippen LogP contribution in [0.3, 0.4) is 0 Å². The van der Waals surface area contributed by atoms with Crippen LogP contribution in [0.5, 0.6) is 0 Å². The number of halogens is 1. The predicted molar refractivity (Wildman–Crippen MR) is 85.7 cm³/mol. The average Bonchev–Trinajstić information content (AvgIpc) is 2.53. The molecule has 0 unspecified atom stereocenters. The van der Waals surface area contributed by atoms with Crippen molar-refractivity contribution < 1.29 is 0 Å². The van der Waals surface area contributed by atoms with Gasteiger partial charge < -0.3 is 5.32 Å². The van der Waals surface area contributed by atoms with Gasteiger partial charge in [-0.05, 0) is 30.3 Å². The van der Waals surface area contributed by atoms with Crippen molar-refractivity contribution >= 4 is 32.7 Å². The molecule has 0 aliphatic heterocycles. The van der Waals surface area contributed by atoms with E-state index in [4.69, 9.17) is 5.26 Å². The molecule has 5 heteroatoms. The standard InChI is InChI=1S/C16H11BrN4/c17-12-6-5-11(8-18)16(7-12)20-10-13-9-19-14-3-1-2-4-15(14)21-13/h1-7,9,20H,10H2. The number of nitrogens with zero attached hydrogens (tertiary/aromatic N) is 3. The molecular weight excluding hydrogens is 328 g/mol. The molecule has 0 saturated carbocycles. The van der Waals surface area contributed by atoms with Crippen LogP contribution in [0.15, 0.2) is 53.1 Å². The van der Waals surface area contributed by atoms with Gasteiger partial charge in [-0.25, -0.2) is 4.98 Å². The monoisotopic (exact) mass is 338 g/mol. The van der Waals surface area contributed by atoms with Crippen molar-refractivity contribution in [1.29, 1.82) is 5.26 Å². The van der Waals surface area contributed by atoms with Gasteiger partial charge in [-0.1, -0.05) is 28.1 Å². The summed E-state index contributed by atoms with van der Waals surface area (Å²) in [4.78, 5) is 8.93. The molecule has 1 heterocycles. The van der Waals surface area contributed by atoms with Gasteiger partial charge in [-0.3, -0.25) is 4.98 Å². The number of rotatable bonds is 3. The third kappa shape index (κ3) is 3.01. The fraction of sp³-hybridized carbons (Fsp3) is 0.0625. The first-order valence-corrected chi connectivity index (χ1v) is 7.20. The Balaban J connectivity index is 1.83. The van der Waals surface area contributed by atoms with E-state index in [0.29, 0.717) is 12.1 Å². The summed E-state index contributed by atoms with van der Waals surface area (Å²) in [5.41, 5.74) is 3.96. The van der Waals surface area contributed by atoms with Crippen molar-refractivity contribution in [3.05, 3.63) is 64.4 Å². The summed E-state index contributed by atoms with van der Waals surface area (Å²) < 4.78 is 0.925. The van der Waals surface area contributed by atoms with Gasteiger partial charge in [0.1, 0.15) is 6.07 Å². The van der Waals surface area contributed by atoms with Crippen molar-refractivity contribution in [2.45, 2.75) is 6.54 Å². The molecule has 0 aliphatic carbocycles. The third-order valence-corrected chi connectivity index (χ3v) is 3.55. The molecule has 0 bridgehead atoms. The lowest BCUT2D eigenvalue weighted by Gasteiger charge is -2.08. The van der Waals surface area contributed by atoms with Crippen LogP contribution in [0.25, 0.3) is 11.0 Å². The molecule has 21 heavy (non-hydrogen) atoms. The van der Waals surface area contributed by atoms with Crippen LogP contribution in [0, 0.1) is 11.3 Å². The first-order valence-electron chi connectivity index (χ1n) is 6.40. The zero-order valence-electron chi connectivity index (χ0n) is 11.0. The number of nitrogens with one attached hydrogen (secondary N) is 1. The molecule has 3 rings (SSSR count). The maximum Gasteiger partial charge on any atom is 0.101 e. The Morgan fingerprint density at radius 3 is 2.76 bits per heavy atom. The van der Waals surface area contributed by atoms with Gasteiger partial charge in [0, 0.05) is 4.47 Å². The number of hydrogen-bond acceptors (Lipinski definition) is 4. The predicted octanol–water partition coefficient (Wildman–Crippen LogP) is 3.88. The van der Waals surface area contributed by atoms with Crippen molar-refractivity contribution in [2.75, 3.05) is 5.32 Å². The highest BCUT2D eigenvalue weighted by atomic mass is 79.9. The van der Waals surface area contributed by atoms with E-state index in [2.05, 4.69) is 37.3 Å². The zero-order chi connectivity index (χ0) is 14.7. The molecular formula is C16H11BrN4. The third-order valence-electron chi connectivity index (χ3n) is 3.06. The summed E-state index contributed by atoms with van der Waals surface area (Å²) in [7, 11) is 0. The topological polar surface area (TPSA) is 61.6 Å². The van der Waals surface area contributed by atoms with E-state index in [1.165, 1.54) is 0 Å². The summed E-state index contributed by atoms with van der Waals surface area (Å²) in [5.74, 6) is 0. The first-order chi connectivity index (χ1) is 10.3. The smallest absolute Gasteiger partial charge is 0.101 e. The molecule has 1 N–H and O–H groups in total. The fourth-order valence-electron chi connectivity index (χ4n) is 2.03. The van der Waals surface area contributed by atoms with Gasteiger partial charge in [0.05, 0.1) is 40.7 Å². The number of nitriles is 1. The van der Waals surface area contributed by atoms with Gasteiger partial charge in [-0.15, -0.1) is 0 Å². The molecule has 0 atom stereocenters. The van der Waals surface area contributed by atoms with E-state index >= 15 is 0 Å². The number of anilines is 1. The summed E-state index contributed by atoms with van der Waals surface area (Å²) in [6.07, 6.45) is 1.75. The Morgan fingerprint density at radius 2 is 1.95 bits per heavy atom. The van der Waals surface area contributed by atoms with Gasteiger partial charge >= 0.3 is 0 Å². The number of hydrogen-bond donors (Lipinski definition) is 1. The first kappa shape index (κ1) is 13.5.